The molecule has 1 aromatic carbocycles. The Morgan fingerprint density at radius 2 is 1.62 bits per heavy atom. The molecule has 0 aliphatic heterocycles. The molecule has 0 heterocycles. The number of unbranched alkanes of at least 4 members (excludes halogenated alkanes) is 3. The van der Waals surface area contributed by atoms with Gasteiger partial charge in [-0.05, 0) is 56.4 Å². The normalized spacial score (nSPS) is 11.3. The molecule has 0 atom stereocenters. The Bertz CT molecular complexity index is 693. The Kier molecular flexibility index (Phi) is 10.6. The van der Waals surface area contributed by atoms with E-state index in [9.17, 15) is 22.8 Å². The highest BCUT2D eigenvalue weighted by atomic mass is 19.4. The molecular weight excluding hydrogens is 389 g/mol. The van der Waals surface area contributed by atoms with E-state index in [1.807, 2.05) is 0 Å². The smallest absolute Gasteiger partial charge is 0.422 e. The number of ether oxygens (including phenoxy) is 3. The molecule has 0 fully saturated rings. The van der Waals surface area contributed by atoms with E-state index in [4.69, 9.17) is 9.47 Å². The van der Waals surface area contributed by atoms with Crippen molar-refractivity contribution in [2.45, 2.75) is 38.8 Å². The second kappa shape index (κ2) is 12.6. The number of hydrogen-bond acceptors (Lipinski definition) is 5. The third kappa shape index (κ3) is 12.3. The van der Waals surface area contributed by atoms with Crippen molar-refractivity contribution in [1.82, 2.24) is 0 Å². The van der Waals surface area contributed by atoms with Gasteiger partial charge < -0.3 is 14.2 Å². The lowest BCUT2D eigenvalue weighted by atomic mass is 10.2. The zero-order chi connectivity index (χ0) is 21.7. The fraction of sp³-hybridized carbons (Fsp3) is 0.429. The fourth-order valence-corrected chi connectivity index (χ4v) is 2.08. The molecule has 0 amide bonds. The first-order chi connectivity index (χ1) is 13.7. The number of esters is 2. The molecule has 0 aliphatic carbocycles. The molecular formula is C21H25F3O5. The van der Waals surface area contributed by atoms with Crippen molar-refractivity contribution in [2.75, 3.05) is 19.8 Å². The molecule has 0 bridgehead atoms. The van der Waals surface area contributed by atoms with Crippen LogP contribution in [-0.4, -0.2) is 37.9 Å². The van der Waals surface area contributed by atoms with E-state index in [0.717, 1.165) is 31.8 Å². The third-order valence-corrected chi connectivity index (χ3v) is 3.56. The van der Waals surface area contributed by atoms with Gasteiger partial charge in [-0.15, -0.1) is 0 Å². The summed E-state index contributed by atoms with van der Waals surface area (Å²) in [5.41, 5.74) is 1.02. The lowest BCUT2D eigenvalue weighted by Gasteiger charge is -2.07. The molecule has 1 rings (SSSR count). The lowest BCUT2D eigenvalue weighted by molar-refractivity contribution is -0.182. The molecule has 29 heavy (non-hydrogen) atoms. The standard InChI is InChI=1S/C21H25F3O5/c1-16(2)20(26)28-14-6-4-3-5-13-27-18-10-7-17(8-11-18)9-12-19(25)29-15-21(22,23)24/h7-12H,1,3-6,13-15H2,2H3/b12-9+. The first kappa shape index (κ1) is 24.3. The zero-order valence-corrected chi connectivity index (χ0v) is 16.3. The van der Waals surface area contributed by atoms with Crippen molar-refractivity contribution in [3.05, 3.63) is 48.1 Å². The maximum atomic E-state index is 11.9. The summed E-state index contributed by atoms with van der Waals surface area (Å²) in [4.78, 5) is 22.4. The molecule has 160 valence electrons. The maximum absolute atomic E-state index is 11.9. The minimum Gasteiger partial charge on any atom is -0.494 e. The summed E-state index contributed by atoms with van der Waals surface area (Å²) >= 11 is 0. The molecule has 0 N–H and O–H groups in total. The fourth-order valence-electron chi connectivity index (χ4n) is 2.08. The maximum Gasteiger partial charge on any atom is 0.422 e. The zero-order valence-electron chi connectivity index (χ0n) is 16.3. The van der Waals surface area contributed by atoms with Crippen LogP contribution in [0.3, 0.4) is 0 Å². The minimum absolute atomic E-state index is 0.371. The first-order valence-corrected chi connectivity index (χ1v) is 9.14. The van der Waals surface area contributed by atoms with E-state index < -0.39 is 18.8 Å². The van der Waals surface area contributed by atoms with Crippen LogP contribution in [0.4, 0.5) is 13.2 Å². The average Bonchev–Trinajstić information content (AvgIpc) is 2.66. The van der Waals surface area contributed by atoms with Gasteiger partial charge in [0.05, 0.1) is 13.2 Å². The predicted octanol–water partition coefficient (Wildman–Crippen LogP) is 4.86. The van der Waals surface area contributed by atoms with Crippen molar-refractivity contribution in [2.24, 2.45) is 0 Å². The summed E-state index contributed by atoms with van der Waals surface area (Å²) in [6.07, 6.45) is 1.25. The van der Waals surface area contributed by atoms with Crippen LogP contribution in [-0.2, 0) is 19.1 Å². The Labute approximate surface area is 168 Å². The molecule has 0 unspecified atom stereocenters. The Hall–Kier alpha value is -2.77. The van der Waals surface area contributed by atoms with E-state index in [2.05, 4.69) is 11.3 Å². The van der Waals surface area contributed by atoms with Crippen molar-refractivity contribution >= 4 is 18.0 Å². The Balaban J connectivity index is 2.18. The summed E-state index contributed by atoms with van der Waals surface area (Å²) < 4.78 is 50.5. The van der Waals surface area contributed by atoms with Gasteiger partial charge in [-0.3, -0.25) is 0 Å². The van der Waals surface area contributed by atoms with Gasteiger partial charge in [0.2, 0.25) is 0 Å². The van der Waals surface area contributed by atoms with E-state index in [1.165, 1.54) is 6.08 Å². The summed E-state index contributed by atoms with van der Waals surface area (Å²) in [6.45, 7) is 4.42. The van der Waals surface area contributed by atoms with Crippen molar-refractivity contribution < 1.29 is 37.0 Å². The van der Waals surface area contributed by atoms with Crippen molar-refractivity contribution in [1.29, 1.82) is 0 Å². The number of hydrogen-bond donors (Lipinski definition) is 0. The number of alkyl halides is 3. The number of carbonyl (C=O) groups excluding carboxylic acids is 2. The summed E-state index contributed by atoms with van der Waals surface area (Å²) in [5, 5.41) is 0. The van der Waals surface area contributed by atoms with E-state index in [-0.39, 0.29) is 5.97 Å². The number of benzene rings is 1. The first-order valence-electron chi connectivity index (χ1n) is 9.14. The molecule has 0 saturated carbocycles. The monoisotopic (exact) mass is 414 g/mol. The van der Waals surface area contributed by atoms with Crippen LogP contribution in [0.25, 0.3) is 6.08 Å². The van der Waals surface area contributed by atoms with E-state index in [0.29, 0.717) is 30.1 Å². The predicted molar refractivity (Wildman–Crippen MR) is 102 cm³/mol. The van der Waals surface area contributed by atoms with E-state index in [1.54, 1.807) is 31.2 Å². The molecule has 1 aromatic rings. The largest absolute Gasteiger partial charge is 0.494 e. The van der Waals surface area contributed by atoms with Crippen molar-refractivity contribution in [3.63, 3.8) is 0 Å². The molecule has 0 saturated heterocycles. The Morgan fingerprint density at radius 1 is 1.00 bits per heavy atom. The summed E-state index contributed by atoms with van der Waals surface area (Å²) in [7, 11) is 0. The number of carbonyl (C=O) groups is 2. The topological polar surface area (TPSA) is 61.8 Å². The van der Waals surface area contributed by atoms with Crippen LogP contribution in [0.5, 0.6) is 5.75 Å². The minimum atomic E-state index is -4.54. The number of rotatable bonds is 12. The summed E-state index contributed by atoms with van der Waals surface area (Å²) in [5.74, 6) is -0.779. The second-order valence-corrected chi connectivity index (χ2v) is 6.30. The van der Waals surface area contributed by atoms with Gasteiger partial charge in [0, 0.05) is 11.6 Å². The van der Waals surface area contributed by atoms with Crippen LogP contribution < -0.4 is 4.74 Å². The van der Waals surface area contributed by atoms with Gasteiger partial charge in [-0.1, -0.05) is 18.7 Å². The van der Waals surface area contributed by atoms with Crippen LogP contribution in [0.15, 0.2) is 42.5 Å². The molecule has 0 aromatic heterocycles. The van der Waals surface area contributed by atoms with Gasteiger partial charge in [0.1, 0.15) is 5.75 Å². The third-order valence-electron chi connectivity index (χ3n) is 3.56. The second-order valence-electron chi connectivity index (χ2n) is 6.30. The van der Waals surface area contributed by atoms with Gasteiger partial charge in [0.15, 0.2) is 6.61 Å². The van der Waals surface area contributed by atoms with Crippen LogP contribution >= 0.6 is 0 Å². The van der Waals surface area contributed by atoms with E-state index >= 15 is 0 Å². The molecule has 0 spiro atoms. The van der Waals surface area contributed by atoms with Crippen LogP contribution in [0.2, 0.25) is 0 Å². The highest BCUT2D eigenvalue weighted by Gasteiger charge is 2.29. The SMILES string of the molecule is C=C(C)C(=O)OCCCCCCOc1ccc(/C=C/C(=O)OCC(F)(F)F)cc1. The van der Waals surface area contributed by atoms with Crippen molar-refractivity contribution in [3.8, 4) is 5.75 Å². The van der Waals surface area contributed by atoms with Crippen LogP contribution in [0.1, 0.15) is 38.2 Å². The highest BCUT2D eigenvalue weighted by Crippen LogP contribution is 2.16. The van der Waals surface area contributed by atoms with Gasteiger partial charge in [0.25, 0.3) is 0 Å². The molecule has 0 aliphatic rings. The highest BCUT2D eigenvalue weighted by molar-refractivity contribution is 5.87. The molecule has 5 nitrogen and oxygen atoms in total. The summed E-state index contributed by atoms with van der Waals surface area (Å²) in [6, 6.07) is 6.77. The quantitative estimate of drug-likeness (QED) is 0.278. The average molecular weight is 414 g/mol. The van der Waals surface area contributed by atoms with Gasteiger partial charge in [-0.25, -0.2) is 9.59 Å². The number of halogens is 3. The Morgan fingerprint density at radius 3 is 2.21 bits per heavy atom. The van der Waals surface area contributed by atoms with Crippen LogP contribution in [0, 0.1) is 0 Å². The van der Waals surface area contributed by atoms with Gasteiger partial charge in [-0.2, -0.15) is 13.2 Å². The molecule has 0 radical (unpaired) electrons. The lowest BCUT2D eigenvalue weighted by Crippen LogP contribution is -2.19. The van der Waals surface area contributed by atoms with Gasteiger partial charge >= 0.3 is 18.1 Å². The molecule has 8 heteroatoms.